The van der Waals surface area contributed by atoms with Crippen molar-refractivity contribution in [2.24, 2.45) is 5.41 Å². The first kappa shape index (κ1) is 10.9. The van der Waals surface area contributed by atoms with Crippen LogP contribution in [0.15, 0.2) is 30.3 Å². The third kappa shape index (κ3) is 2.20. The smallest absolute Gasteiger partial charge is 0.127 e. The van der Waals surface area contributed by atoms with Crippen molar-refractivity contribution < 1.29 is 4.79 Å². The van der Waals surface area contributed by atoms with Gasteiger partial charge in [-0.2, -0.15) is 0 Å². The van der Waals surface area contributed by atoms with Gasteiger partial charge < -0.3 is 10.1 Å². The Balaban J connectivity index is 2.99. The van der Waals surface area contributed by atoms with Crippen LogP contribution in [0.1, 0.15) is 25.5 Å². The van der Waals surface area contributed by atoms with Gasteiger partial charge in [0.05, 0.1) is 0 Å². The largest absolute Gasteiger partial charge is 0.312 e. The van der Waals surface area contributed by atoms with Gasteiger partial charge in [-0.1, -0.05) is 44.2 Å². The molecule has 0 aliphatic carbocycles. The van der Waals surface area contributed by atoms with Gasteiger partial charge in [0.25, 0.3) is 0 Å². The fourth-order valence-corrected chi connectivity index (χ4v) is 1.68. The van der Waals surface area contributed by atoms with E-state index in [0.29, 0.717) is 0 Å². The number of aldehydes is 1. The lowest BCUT2D eigenvalue weighted by Gasteiger charge is -2.29. The second kappa shape index (κ2) is 4.38. The van der Waals surface area contributed by atoms with Crippen LogP contribution in [-0.2, 0) is 4.79 Å². The number of benzene rings is 1. The second-order valence-corrected chi connectivity index (χ2v) is 4.07. The van der Waals surface area contributed by atoms with E-state index in [1.807, 2.05) is 51.2 Å². The van der Waals surface area contributed by atoms with E-state index >= 15 is 0 Å². The van der Waals surface area contributed by atoms with E-state index < -0.39 is 0 Å². The Hall–Kier alpha value is -1.15. The number of hydrogen-bond donors (Lipinski definition) is 1. The molecule has 0 aromatic heterocycles. The van der Waals surface area contributed by atoms with E-state index in [-0.39, 0.29) is 11.5 Å². The first-order chi connectivity index (χ1) is 6.61. The quantitative estimate of drug-likeness (QED) is 0.739. The van der Waals surface area contributed by atoms with E-state index in [4.69, 9.17) is 0 Å². The van der Waals surface area contributed by atoms with Gasteiger partial charge in [0.2, 0.25) is 0 Å². The lowest BCUT2D eigenvalue weighted by molar-refractivity contribution is -0.116. The molecule has 1 aromatic rings. The van der Waals surface area contributed by atoms with Crippen molar-refractivity contribution in [1.29, 1.82) is 0 Å². The van der Waals surface area contributed by atoms with Gasteiger partial charge in [0.1, 0.15) is 6.29 Å². The summed E-state index contributed by atoms with van der Waals surface area (Å²) in [4.78, 5) is 11.0. The predicted octanol–water partition coefficient (Wildman–Crippen LogP) is 2.17. The van der Waals surface area contributed by atoms with E-state index in [9.17, 15) is 4.79 Å². The molecule has 0 amide bonds. The Morgan fingerprint density at radius 2 is 1.86 bits per heavy atom. The van der Waals surface area contributed by atoms with Crippen molar-refractivity contribution >= 4 is 6.29 Å². The molecular formula is C12H17NO. The first-order valence-electron chi connectivity index (χ1n) is 4.80. The summed E-state index contributed by atoms with van der Waals surface area (Å²) in [5.74, 6) is 0. The van der Waals surface area contributed by atoms with E-state index in [0.717, 1.165) is 11.8 Å². The fourth-order valence-electron chi connectivity index (χ4n) is 1.68. The molecule has 0 spiro atoms. The minimum Gasteiger partial charge on any atom is -0.312 e. The lowest BCUT2D eigenvalue weighted by atomic mass is 9.82. The zero-order valence-corrected chi connectivity index (χ0v) is 8.95. The molecule has 1 aromatic carbocycles. The molecule has 0 bridgehead atoms. The van der Waals surface area contributed by atoms with Crippen molar-refractivity contribution in [1.82, 2.24) is 5.32 Å². The molecule has 1 N–H and O–H groups in total. The molecule has 14 heavy (non-hydrogen) atoms. The summed E-state index contributed by atoms with van der Waals surface area (Å²) < 4.78 is 0. The first-order valence-corrected chi connectivity index (χ1v) is 4.80. The summed E-state index contributed by atoms with van der Waals surface area (Å²) in [7, 11) is 1.88. The monoisotopic (exact) mass is 191 g/mol. The number of carbonyl (C=O) groups is 1. The van der Waals surface area contributed by atoms with Crippen LogP contribution in [-0.4, -0.2) is 13.3 Å². The molecule has 0 saturated carbocycles. The highest BCUT2D eigenvalue weighted by Gasteiger charge is 2.28. The predicted molar refractivity (Wildman–Crippen MR) is 58.1 cm³/mol. The van der Waals surface area contributed by atoms with Crippen LogP contribution < -0.4 is 5.32 Å². The van der Waals surface area contributed by atoms with Crippen molar-refractivity contribution in [3.63, 3.8) is 0 Å². The van der Waals surface area contributed by atoms with Crippen molar-refractivity contribution in [3.05, 3.63) is 35.9 Å². The van der Waals surface area contributed by atoms with Crippen molar-refractivity contribution in [2.75, 3.05) is 7.05 Å². The van der Waals surface area contributed by atoms with E-state index in [1.165, 1.54) is 0 Å². The highest BCUT2D eigenvalue weighted by atomic mass is 16.1. The maximum Gasteiger partial charge on any atom is 0.127 e. The summed E-state index contributed by atoms with van der Waals surface area (Å²) >= 11 is 0. The fraction of sp³-hybridized carbons (Fsp3) is 0.417. The molecule has 0 aliphatic rings. The van der Waals surface area contributed by atoms with Crippen molar-refractivity contribution in [2.45, 2.75) is 19.9 Å². The SMILES string of the molecule is CNC(c1ccccc1)C(C)(C)C=O. The highest BCUT2D eigenvalue weighted by molar-refractivity contribution is 5.60. The maximum absolute atomic E-state index is 11.0. The molecule has 1 atom stereocenters. The average Bonchev–Trinajstić information content (AvgIpc) is 2.20. The Bertz CT molecular complexity index is 292. The van der Waals surface area contributed by atoms with E-state index in [2.05, 4.69) is 5.32 Å². The summed E-state index contributed by atoms with van der Waals surface area (Å²) in [6, 6.07) is 10.1. The van der Waals surface area contributed by atoms with Crippen molar-refractivity contribution in [3.8, 4) is 0 Å². The van der Waals surface area contributed by atoms with Gasteiger partial charge in [0, 0.05) is 11.5 Å². The van der Waals surface area contributed by atoms with Crippen LogP contribution in [0.2, 0.25) is 0 Å². The normalized spacial score (nSPS) is 13.6. The molecule has 2 nitrogen and oxygen atoms in total. The van der Waals surface area contributed by atoms with Crippen LogP contribution in [0.25, 0.3) is 0 Å². The lowest BCUT2D eigenvalue weighted by Crippen LogP contribution is -2.33. The summed E-state index contributed by atoms with van der Waals surface area (Å²) in [5, 5.41) is 3.18. The zero-order valence-electron chi connectivity index (χ0n) is 8.95. The molecule has 0 radical (unpaired) electrons. The van der Waals surface area contributed by atoms with Crippen LogP contribution in [0.3, 0.4) is 0 Å². The standard InChI is InChI=1S/C12H17NO/c1-12(2,9-14)11(13-3)10-7-5-4-6-8-10/h4-9,11,13H,1-3H3. The third-order valence-corrected chi connectivity index (χ3v) is 2.47. The van der Waals surface area contributed by atoms with Gasteiger partial charge in [-0.05, 0) is 12.6 Å². The number of carbonyl (C=O) groups excluding carboxylic acids is 1. The minimum absolute atomic E-state index is 0.0706. The summed E-state index contributed by atoms with van der Waals surface area (Å²) in [5.41, 5.74) is 0.767. The van der Waals surface area contributed by atoms with E-state index in [1.54, 1.807) is 0 Å². The van der Waals surface area contributed by atoms with Gasteiger partial charge in [-0.15, -0.1) is 0 Å². The van der Waals surface area contributed by atoms with Crippen LogP contribution in [0.5, 0.6) is 0 Å². The van der Waals surface area contributed by atoms with Gasteiger partial charge >= 0.3 is 0 Å². The molecule has 0 saturated heterocycles. The zero-order chi connectivity index (χ0) is 10.6. The molecule has 0 fully saturated rings. The highest BCUT2D eigenvalue weighted by Crippen LogP contribution is 2.30. The van der Waals surface area contributed by atoms with Gasteiger partial charge in [-0.25, -0.2) is 0 Å². The second-order valence-electron chi connectivity index (χ2n) is 4.07. The maximum atomic E-state index is 11.0. The molecule has 76 valence electrons. The Labute approximate surface area is 85.3 Å². The van der Waals surface area contributed by atoms with Crippen LogP contribution >= 0.6 is 0 Å². The molecular weight excluding hydrogens is 174 g/mol. The summed E-state index contributed by atoms with van der Waals surface area (Å²) in [6.45, 7) is 3.88. The Morgan fingerprint density at radius 1 is 1.29 bits per heavy atom. The Kier molecular flexibility index (Phi) is 3.42. The van der Waals surface area contributed by atoms with Crippen LogP contribution in [0, 0.1) is 5.41 Å². The molecule has 1 unspecified atom stereocenters. The number of rotatable bonds is 4. The summed E-state index contributed by atoms with van der Waals surface area (Å²) in [6.07, 6.45) is 1.00. The topological polar surface area (TPSA) is 29.1 Å². The van der Waals surface area contributed by atoms with Gasteiger partial charge in [-0.3, -0.25) is 0 Å². The Morgan fingerprint density at radius 3 is 2.29 bits per heavy atom. The molecule has 0 heterocycles. The average molecular weight is 191 g/mol. The molecule has 1 rings (SSSR count). The minimum atomic E-state index is -0.379. The number of nitrogens with one attached hydrogen (secondary N) is 1. The third-order valence-electron chi connectivity index (χ3n) is 2.47. The molecule has 2 heteroatoms. The van der Waals surface area contributed by atoms with Crippen LogP contribution in [0.4, 0.5) is 0 Å². The van der Waals surface area contributed by atoms with Gasteiger partial charge in [0.15, 0.2) is 0 Å². The number of hydrogen-bond acceptors (Lipinski definition) is 2. The molecule has 0 aliphatic heterocycles.